The molecule has 3 aromatic rings. The summed E-state index contributed by atoms with van der Waals surface area (Å²) in [5.41, 5.74) is 1.43. The molecule has 124 valence electrons. The highest BCUT2D eigenvalue weighted by Crippen LogP contribution is 2.30. The molecule has 7 nitrogen and oxygen atoms in total. The van der Waals surface area contributed by atoms with Crippen molar-refractivity contribution in [2.45, 2.75) is 18.9 Å². The molecular weight excluding hydrogens is 377 g/mol. The zero-order chi connectivity index (χ0) is 16.3. The maximum atomic E-state index is 14.4. The van der Waals surface area contributed by atoms with Crippen LogP contribution in [0.4, 0.5) is 10.2 Å². The third-order valence-electron chi connectivity index (χ3n) is 5.01. The molecule has 9 heteroatoms. The number of anilines is 1. The number of aromatic nitrogens is 5. The van der Waals surface area contributed by atoms with E-state index >= 15 is 0 Å². The summed E-state index contributed by atoms with van der Waals surface area (Å²) in [5.74, 6) is 0.290. The molecule has 5 rings (SSSR count). The lowest BCUT2D eigenvalue weighted by Gasteiger charge is -2.38. The van der Waals surface area contributed by atoms with Gasteiger partial charge in [0.2, 0.25) is 5.65 Å². The average molecular weight is 392 g/mol. The van der Waals surface area contributed by atoms with Gasteiger partial charge in [0.1, 0.15) is 5.52 Å². The number of hydrogen-bond donors (Lipinski definition) is 0. The number of halogens is 2. The molecule has 0 N–H and O–H groups in total. The quantitative estimate of drug-likeness (QED) is 0.630. The van der Waals surface area contributed by atoms with Crippen LogP contribution in [0.1, 0.15) is 12.8 Å². The van der Waals surface area contributed by atoms with Crippen molar-refractivity contribution in [3.8, 4) is 0 Å². The zero-order valence-electron chi connectivity index (χ0n) is 12.9. The Morgan fingerprint density at radius 3 is 3.04 bits per heavy atom. The van der Waals surface area contributed by atoms with Gasteiger partial charge in [-0.1, -0.05) is 15.9 Å². The highest BCUT2D eigenvalue weighted by atomic mass is 79.9. The van der Waals surface area contributed by atoms with Crippen LogP contribution in [-0.2, 0) is 0 Å². The van der Waals surface area contributed by atoms with Gasteiger partial charge < -0.3 is 4.90 Å². The summed E-state index contributed by atoms with van der Waals surface area (Å²) in [6.07, 6.45) is 2.45. The van der Waals surface area contributed by atoms with Crippen LogP contribution in [0.3, 0.4) is 0 Å². The lowest BCUT2D eigenvalue weighted by atomic mass is 10.1. The van der Waals surface area contributed by atoms with Gasteiger partial charge >= 0.3 is 0 Å². The van der Waals surface area contributed by atoms with Gasteiger partial charge in [-0.15, -0.1) is 5.10 Å². The Morgan fingerprint density at radius 1 is 1.21 bits per heavy atom. The fourth-order valence-electron chi connectivity index (χ4n) is 3.86. The summed E-state index contributed by atoms with van der Waals surface area (Å²) < 4.78 is 16.7. The van der Waals surface area contributed by atoms with Crippen molar-refractivity contribution >= 4 is 38.4 Å². The SMILES string of the molecule is Fc1cc(Br)cc2c1nc(N1CCN3CCCC3C1)c1nnnn12. The lowest BCUT2D eigenvalue weighted by molar-refractivity contribution is 0.230. The summed E-state index contributed by atoms with van der Waals surface area (Å²) in [4.78, 5) is 9.32. The molecule has 0 saturated carbocycles. The Hall–Kier alpha value is -1.87. The first-order valence-corrected chi connectivity index (χ1v) is 8.86. The zero-order valence-corrected chi connectivity index (χ0v) is 14.4. The fourth-order valence-corrected chi connectivity index (χ4v) is 4.28. The molecule has 0 spiro atoms. The third kappa shape index (κ3) is 2.11. The van der Waals surface area contributed by atoms with Gasteiger partial charge in [-0.3, -0.25) is 4.90 Å². The molecule has 0 radical (unpaired) electrons. The predicted octanol–water partition coefficient (Wildman–Crippen LogP) is 1.86. The highest BCUT2D eigenvalue weighted by Gasteiger charge is 2.32. The van der Waals surface area contributed by atoms with Crippen LogP contribution in [0.2, 0.25) is 0 Å². The van der Waals surface area contributed by atoms with Crippen LogP contribution in [0, 0.1) is 5.82 Å². The summed E-state index contributed by atoms with van der Waals surface area (Å²) in [6, 6.07) is 3.75. The van der Waals surface area contributed by atoms with Crippen LogP contribution in [0.15, 0.2) is 16.6 Å². The van der Waals surface area contributed by atoms with Gasteiger partial charge in [0, 0.05) is 30.1 Å². The molecule has 0 aliphatic carbocycles. The number of hydrogen-bond acceptors (Lipinski definition) is 6. The van der Waals surface area contributed by atoms with Gasteiger partial charge in [0.15, 0.2) is 11.6 Å². The maximum Gasteiger partial charge on any atom is 0.222 e. The van der Waals surface area contributed by atoms with Crippen molar-refractivity contribution in [1.29, 1.82) is 0 Å². The molecule has 2 aliphatic heterocycles. The van der Waals surface area contributed by atoms with E-state index in [4.69, 9.17) is 0 Å². The number of rotatable bonds is 1. The van der Waals surface area contributed by atoms with Crippen LogP contribution >= 0.6 is 15.9 Å². The Balaban J connectivity index is 1.68. The molecule has 2 aromatic heterocycles. The first-order chi connectivity index (χ1) is 11.7. The van der Waals surface area contributed by atoms with Crippen molar-refractivity contribution in [1.82, 2.24) is 29.9 Å². The smallest absolute Gasteiger partial charge is 0.222 e. The summed E-state index contributed by atoms with van der Waals surface area (Å²) in [5, 5.41) is 12.0. The molecular formula is C15H15BrFN7. The Kier molecular flexibility index (Phi) is 3.21. The van der Waals surface area contributed by atoms with Crippen molar-refractivity contribution in [3.63, 3.8) is 0 Å². The van der Waals surface area contributed by atoms with E-state index in [0.717, 1.165) is 19.6 Å². The van der Waals surface area contributed by atoms with Gasteiger partial charge in [0.05, 0.1) is 5.52 Å². The second-order valence-electron chi connectivity index (χ2n) is 6.38. The van der Waals surface area contributed by atoms with E-state index in [0.29, 0.717) is 33.0 Å². The molecule has 24 heavy (non-hydrogen) atoms. The van der Waals surface area contributed by atoms with E-state index < -0.39 is 0 Å². The molecule has 1 aromatic carbocycles. The van der Waals surface area contributed by atoms with E-state index in [9.17, 15) is 4.39 Å². The molecule has 1 atom stereocenters. The van der Waals surface area contributed by atoms with E-state index in [2.05, 4.69) is 46.2 Å². The summed E-state index contributed by atoms with van der Waals surface area (Å²) >= 11 is 3.32. The van der Waals surface area contributed by atoms with Crippen molar-refractivity contribution in [2.75, 3.05) is 31.1 Å². The van der Waals surface area contributed by atoms with Gasteiger partial charge in [0.25, 0.3) is 0 Å². The number of fused-ring (bicyclic) bond motifs is 4. The van der Waals surface area contributed by atoms with Crippen molar-refractivity contribution in [3.05, 3.63) is 22.4 Å². The van der Waals surface area contributed by atoms with E-state index in [-0.39, 0.29) is 5.82 Å². The standard InChI is InChI=1S/C15H15BrFN7/c16-9-6-11(17)13-12(7-9)24-15(19-20-21-24)14(18-13)23-5-4-22-3-1-2-10(22)8-23/h6-7,10H,1-5,8H2. The third-order valence-corrected chi connectivity index (χ3v) is 5.47. The minimum Gasteiger partial charge on any atom is -0.351 e. The normalized spacial score (nSPS) is 21.8. The lowest BCUT2D eigenvalue weighted by Crippen LogP contribution is -2.50. The molecule has 2 aliphatic rings. The number of tetrazole rings is 1. The van der Waals surface area contributed by atoms with E-state index in [1.165, 1.54) is 25.5 Å². The van der Waals surface area contributed by atoms with Crippen molar-refractivity contribution < 1.29 is 4.39 Å². The minimum absolute atomic E-state index is 0.293. The molecule has 4 heterocycles. The number of piperazine rings is 1. The predicted molar refractivity (Wildman–Crippen MR) is 90.5 cm³/mol. The van der Waals surface area contributed by atoms with Gasteiger partial charge in [-0.25, -0.2) is 9.37 Å². The first kappa shape index (κ1) is 14.5. The Bertz CT molecular complexity index is 942. The van der Waals surface area contributed by atoms with E-state index in [1.54, 1.807) is 10.6 Å². The van der Waals surface area contributed by atoms with Gasteiger partial charge in [-0.05, 0) is 41.9 Å². The molecule has 0 bridgehead atoms. The second-order valence-corrected chi connectivity index (χ2v) is 7.30. The first-order valence-electron chi connectivity index (χ1n) is 8.06. The van der Waals surface area contributed by atoms with Crippen LogP contribution in [0.5, 0.6) is 0 Å². The van der Waals surface area contributed by atoms with Crippen molar-refractivity contribution in [2.24, 2.45) is 0 Å². The minimum atomic E-state index is -0.377. The Morgan fingerprint density at radius 2 is 2.12 bits per heavy atom. The number of benzene rings is 1. The maximum absolute atomic E-state index is 14.4. The molecule has 1 unspecified atom stereocenters. The molecule has 0 amide bonds. The largest absolute Gasteiger partial charge is 0.351 e. The Labute approximate surface area is 145 Å². The topological polar surface area (TPSA) is 62.5 Å². The highest BCUT2D eigenvalue weighted by molar-refractivity contribution is 9.10. The number of nitrogens with zero attached hydrogens (tertiary/aromatic N) is 7. The molecule has 2 saturated heterocycles. The van der Waals surface area contributed by atoms with Crippen LogP contribution < -0.4 is 4.90 Å². The summed E-state index contributed by atoms with van der Waals surface area (Å²) in [6.45, 7) is 3.92. The van der Waals surface area contributed by atoms with Gasteiger partial charge in [-0.2, -0.15) is 4.52 Å². The van der Waals surface area contributed by atoms with E-state index in [1.807, 2.05) is 0 Å². The average Bonchev–Trinajstić information content (AvgIpc) is 3.22. The monoisotopic (exact) mass is 391 g/mol. The fraction of sp³-hybridized carbons (Fsp3) is 0.467. The van der Waals surface area contributed by atoms with Crippen LogP contribution in [0.25, 0.3) is 16.7 Å². The molecule has 2 fully saturated rings. The van der Waals surface area contributed by atoms with Crippen LogP contribution in [-0.4, -0.2) is 62.1 Å². The summed E-state index contributed by atoms with van der Waals surface area (Å²) in [7, 11) is 0. The second kappa shape index (κ2) is 5.32.